The van der Waals surface area contributed by atoms with Gasteiger partial charge in [0.2, 0.25) is 0 Å². The van der Waals surface area contributed by atoms with Gasteiger partial charge >= 0.3 is 5.97 Å². The van der Waals surface area contributed by atoms with Gasteiger partial charge in [0, 0.05) is 11.8 Å². The molecule has 1 N–H and O–H groups in total. The summed E-state index contributed by atoms with van der Waals surface area (Å²) in [6, 6.07) is 9.35. The van der Waals surface area contributed by atoms with E-state index >= 15 is 0 Å². The van der Waals surface area contributed by atoms with Gasteiger partial charge < -0.3 is 4.74 Å². The normalized spacial score (nSPS) is 11.5. The van der Waals surface area contributed by atoms with Gasteiger partial charge in [-0.3, -0.25) is 4.72 Å². The number of hydrogen-bond acceptors (Lipinski definition) is 4. The Morgan fingerprint density at radius 1 is 1.24 bits per heavy atom. The van der Waals surface area contributed by atoms with E-state index in [9.17, 15) is 17.6 Å². The van der Waals surface area contributed by atoms with E-state index in [1.54, 1.807) is 25.1 Å². The zero-order valence-corrected chi connectivity index (χ0v) is 14.8. The number of ether oxygens (including phenoxy) is 1. The number of carbonyl (C=O) groups is 1. The fraction of sp³-hybridized carbons (Fsp3) is 0.118. The molecule has 0 saturated carbocycles. The fourth-order valence-electron chi connectivity index (χ4n) is 1.92. The van der Waals surface area contributed by atoms with Crippen LogP contribution in [0.5, 0.6) is 0 Å². The van der Waals surface area contributed by atoms with Crippen LogP contribution in [0.2, 0.25) is 5.02 Å². The third kappa shape index (κ3) is 5.30. The number of halogens is 2. The lowest BCUT2D eigenvalue weighted by atomic mass is 10.2. The van der Waals surface area contributed by atoms with Crippen LogP contribution in [0.4, 0.5) is 10.1 Å². The van der Waals surface area contributed by atoms with Crippen LogP contribution >= 0.6 is 11.6 Å². The van der Waals surface area contributed by atoms with E-state index in [-0.39, 0.29) is 16.5 Å². The minimum atomic E-state index is -3.95. The molecule has 0 saturated heterocycles. The van der Waals surface area contributed by atoms with Gasteiger partial charge in [0.05, 0.1) is 11.6 Å². The first-order valence-electron chi connectivity index (χ1n) is 7.24. The van der Waals surface area contributed by atoms with Gasteiger partial charge in [0.25, 0.3) is 10.0 Å². The molecule has 0 aromatic heterocycles. The van der Waals surface area contributed by atoms with Crippen LogP contribution in [0.3, 0.4) is 0 Å². The van der Waals surface area contributed by atoms with E-state index in [1.807, 2.05) is 0 Å². The third-order valence-corrected chi connectivity index (χ3v) is 4.91. The van der Waals surface area contributed by atoms with Crippen molar-refractivity contribution in [3.05, 3.63) is 64.9 Å². The molecule has 0 bridgehead atoms. The van der Waals surface area contributed by atoms with E-state index in [2.05, 4.69) is 4.72 Å². The maximum atomic E-state index is 13.0. The molecule has 0 unspecified atom stereocenters. The van der Waals surface area contributed by atoms with Crippen molar-refractivity contribution >= 4 is 39.4 Å². The molecule has 132 valence electrons. The van der Waals surface area contributed by atoms with Crippen molar-refractivity contribution in [3.63, 3.8) is 0 Å². The molecule has 0 amide bonds. The van der Waals surface area contributed by atoms with Gasteiger partial charge in [-0.15, -0.1) is 0 Å². The highest BCUT2D eigenvalue weighted by molar-refractivity contribution is 7.92. The summed E-state index contributed by atoms with van der Waals surface area (Å²) in [6.45, 7) is 2.00. The summed E-state index contributed by atoms with van der Waals surface area (Å²) in [6.07, 6.45) is 2.83. The Labute approximate surface area is 150 Å². The number of benzene rings is 2. The Morgan fingerprint density at radius 3 is 2.52 bits per heavy atom. The molecule has 8 heteroatoms. The smallest absolute Gasteiger partial charge is 0.330 e. The van der Waals surface area contributed by atoms with Gasteiger partial charge in [0.1, 0.15) is 10.7 Å². The number of anilines is 1. The van der Waals surface area contributed by atoms with Crippen LogP contribution < -0.4 is 4.72 Å². The van der Waals surface area contributed by atoms with E-state index in [1.165, 1.54) is 18.2 Å². The van der Waals surface area contributed by atoms with E-state index in [0.717, 1.165) is 18.2 Å². The molecule has 25 heavy (non-hydrogen) atoms. The summed E-state index contributed by atoms with van der Waals surface area (Å²) in [4.78, 5) is 11.0. The van der Waals surface area contributed by atoms with E-state index < -0.39 is 21.8 Å². The lowest BCUT2D eigenvalue weighted by Crippen LogP contribution is -2.13. The van der Waals surface area contributed by atoms with Crippen LogP contribution in [-0.2, 0) is 19.6 Å². The lowest BCUT2D eigenvalue weighted by molar-refractivity contribution is -0.137. The van der Waals surface area contributed by atoms with Crippen LogP contribution in [0, 0.1) is 5.82 Å². The molecule has 2 rings (SSSR count). The van der Waals surface area contributed by atoms with Crippen LogP contribution in [0.25, 0.3) is 6.08 Å². The van der Waals surface area contributed by atoms with E-state index in [4.69, 9.17) is 16.3 Å². The van der Waals surface area contributed by atoms with Crippen molar-refractivity contribution in [1.82, 2.24) is 0 Å². The highest BCUT2D eigenvalue weighted by Crippen LogP contribution is 2.24. The average molecular weight is 384 g/mol. The number of carbonyl (C=O) groups excluding carboxylic acids is 1. The number of nitrogens with one attached hydrogen (secondary N) is 1. The van der Waals surface area contributed by atoms with Gasteiger partial charge in [-0.2, -0.15) is 0 Å². The zero-order valence-electron chi connectivity index (χ0n) is 13.2. The Balaban J connectivity index is 2.13. The molecular weight excluding hydrogens is 369 g/mol. The number of rotatable bonds is 6. The van der Waals surface area contributed by atoms with Gasteiger partial charge in [-0.05, 0) is 48.9 Å². The molecule has 0 aliphatic rings. The summed E-state index contributed by atoms with van der Waals surface area (Å²) in [5.41, 5.74) is 0.990. The topological polar surface area (TPSA) is 72.5 Å². The number of sulfonamides is 1. The fourth-order valence-corrected chi connectivity index (χ4v) is 3.51. The third-order valence-electron chi connectivity index (χ3n) is 3.04. The molecular formula is C17H15ClFNO4S. The first-order chi connectivity index (χ1) is 11.8. The molecule has 0 radical (unpaired) electrons. The SMILES string of the molecule is CCOC(=O)/C=C/c1ccc(NS(=O)(=O)c2ccc(F)cc2Cl)cc1. The van der Waals surface area contributed by atoms with Crippen molar-refractivity contribution in [2.75, 3.05) is 11.3 Å². The highest BCUT2D eigenvalue weighted by atomic mass is 35.5. The Morgan fingerprint density at radius 2 is 1.92 bits per heavy atom. The maximum absolute atomic E-state index is 13.0. The van der Waals surface area contributed by atoms with Gasteiger partial charge in [-0.25, -0.2) is 17.6 Å². The summed E-state index contributed by atoms with van der Waals surface area (Å²) >= 11 is 5.79. The molecule has 0 aliphatic heterocycles. The quantitative estimate of drug-likeness (QED) is 0.607. The first kappa shape index (κ1) is 19.0. The lowest BCUT2D eigenvalue weighted by Gasteiger charge is -2.09. The highest BCUT2D eigenvalue weighted by Gasteiger charge is 2.18. The predicted octanol–water partition coefficient (Wildman–Crippen LogP) is 3.86. The minimum absolute atomic E-state index is 0.207. The van der Waals surface area contributed by atoms with Crippen LogP contribution in [0.1, 0.15) is 12.5 Å². The molecule has 0 heterocycles. The second kappa shape index (κ2) is 8.13. The Bertz CT molecular complexity index is 895. The molecule has 0 aliphatic carbocycles. The summed E-state index contributed by atoms with van der Waals surface area (Å²) in [5.74, 6) is -1.08. The van der Waals surface area contributed by atoms with Crippen molar-refractivity contribution in [2.24, 2.45) is 0 Å². The summed E-state index contributed by atoms with van der Waals surface area (Å²) < 4.78 is 44.8. The average Bonchev–Trinajstić information content (AvgIpc) is 2.54. The Hall–Kier alpha value is -2.38. The standard InChI is InChI=1S/C17H15ClFNO4S/c1-2-24-17(21)10-5-12-3-7-14(8-4-12)20-25(22,23)16-9-6-13(19)11-15(16)18/h3-11,20H,2H2,1H3/b10-5+. The van der Waals surface area contributed by atoms with E-state index in [0.29, 0.717) is 11.3 Å². The van der Waals surface area contributed by atoms with Crippen LogP contribution in [-0.4, -0.2) is 21.0 Å². The van der Waals surface area contributed by atoms with Crippen LogP contribution in [0.15, 0.2) is 53.4 Å². The zero-order chi connectivity index (χ0) is 18.4. The van der Waals surface area contributed by atoms with Gasteiger partial charge in [0.15, 0.2) is 0 Å². The summed E-state index contributed by atoms with van der Waals surface area (Å²) in [7, 11) is -3.95. The molecule has 2 aromatic rings. The second-order valence-corrected chi connectivity index (χ2v) is 6.95. The van der Waals surface area contributed by atoms with Gasteiger partial charge in [-0.1, -0.05) is 23.7 Å². The number of hydrogen-bond donors (Lipinski definition) is 1. The molecule has 0 spiro atoms. The first-order valence-corrected chi connectivity index (χ1v) is 9.10. The summed E-state index contributed by atoms with van der Waals surface area (Å²) in [5, 5.41) is -0.207. The second-order valence-electron chi connectivity index (χ2n) is 4.89. The monoisotopic (exact) mass is 383 g/mol. The largest absolute Gasteiger partial charge is 0.463 e. The minimum Gasteiger partial charge on any atom is -0.463 e. The molecule has 5 nitrogen and oxygen atoms in total. The molecule has 0 atom stereocenters. The van der Waals surface area contributed by atoms with Crippen molar-refractivity contribution in [3.8, 4) is 0 Å². The molecule has 0 fully saturated rings. The van der Waals surface area contributed by atoms with Crippen molar-refractivity contribution in [1.29, 1.82) is 0 Å². The number of esters is 1. The van der Waals surface area contributed by atoms with Crippen molar-refractivity contribution < 1.29 is 22.3 Å². The maximum Gasteiger partial charge on any atom is 0.330 e. The van der Waals surface area contributed by atoms with Crippen molar-refractivity contribution in [2.45, 2.75) is 11.8 Å². The predicted molar refractivity (Wildman–Crippen MR) is 94.3 cm³/mol. The Kier molecular flexibility index (Phi) is 6.17. The molecule has 2 aromatic carbocycles.